The van der Waals surface area contributed by atoms with Crippen molar-refractivity contribution in [1.82, 2.24) is 25.3 Å². The molecule has 5 nitrogen and oxygen atoms in total. The number of hydrogen-bond donors (Lipinski definition) is 1. The lowest BCUT2D eigenvalue weighted by Crippen LogP contribution is -2.25. The number of nitrogens with zero attached hydrogens (tertiary/aromatic N) is 4. The van der Waals surface area contributed by atoms with E-state index in [2.05, 4.69) is 27.5 Å². The van der Waals surface area contributed by atoms with Gasteiger partial charge in [-0.05, 0) is 18.7 Å². The van der Waals surface area contributed by atoms with E-state index in [-0.39, 0.29) is 6.04 Å². The highest BCUT2D eigenvalue weighted by atomic mass is 15.4. The number of nitrogens with one attached hydrogen (secondary N) is 1. The first-order valence-electron chi connectivity index (χ1n) is 5.79. The van der Waals surface area contributed by atoms with Gasteiger partial charge in [0.05, 0.1) is 17.9 Å². The molecule has 0 radical (unpaired) electrons. The summed E-state index contributed by atoms with van der Waals surface area (Å²) in [5.74, 6) is 0. The topological polar surface area (TPSA) is 55.6 Å². The molecule has 5 heteroatoms. The number of pyridine rings is 1. The molecule has 2 rings (SSSR count). The van der Waals surface area contributed by atoms with E-state index in [9.17, 15) is 0 Å². The summed E-state index contributed by atoms with van der Waals surface area (Å²) < 4.78 is 1.80. The summed E-state index contributed by atoms with van der Waals surface area (Å²) >= 11 is 0. The number of likely N-dealkylation sites (N-methyl/N-ethyl adjacent to an activating group) is 1. The lowest BCUT2D eigenvalue weighted by Gasteiger charge is -2.16. The third-order valence-corrected chi connectivity index (χ3v) is 2.70. The molecular formula is C12H17N5. The summed E-state index contributed by atoms with van der Waals surface area (Å²) in [5.41, 5.74) is 2.15. The summed E-state index contributed by atoms with van der Waals surface area (Å²) in [5, 5.41) is 11.3. The van der Waals surface area contributed by atoms with Gasteiger partial charge in [-0.15, -0.1) is 5.10 Å². The smallest absolute Gasteiger partial charge is 0.0757 e. The predicted octanol–water partition coefficient (Wildman–Crippen LogP) is 1.10. The fraction of sp³-hybridized carbons (Fsp3) is 0.417. The largest absolute Gasteiger partial charge is 0.309 e. The van der Waals surface area contributed by atoms with Crippen molar-refractivity contribution >= 4 is 0 Å². The third-order valence-electron chi connectivity index (χ3n) is 2.70. The molecular weight excluding hydrogens is 214 g/mol. The van der Waals surface area contributed by atoms with E-state index in [1.807, 2.05) is 31.4 Å². The first-order valence-corrected chi connectivity index (χ1v) is 5.79. The van der Waals surface area contributed by atoms with Crippen molar-refractivity contribution in [2.45, 2.75) is 19.4 Å². The van der Waals surface area contributed by atoms with Crippen LogP contribution in [0.15, 0.2) is 30.6 Å². The van der Waals surface area contributed by atoms with Gasteiger partial charge in [0.1, 0.15) is 0 Å². The number of rotatable bonds is 5. The van der Waals surface area contributed by atoms with E-state index in [4.69, 9.17) is 0 Å². The van der Waals surface area contributed by atoms with Crippen molar-refractivity contribution < 1.29 is 0 Å². The van der Waals surface area contributed by atoms with Gasteiger partial charge >= 0.3 is 0 Å². The summed E-state index contributed by atoms with van der Waals surface area (Å²) in [6, 6.07) is 6.17. The molecule has 2 aromatic heterocycles. The van der Waals surface area contributed by atoms with Crippen LogP contribution in [-0.2, 0) is 13.5 Å². The molecule has 0 amide bonds. The minimum absolute atomic E-state index is 0.204. The zero-order valence-electron chi connectivity index (χ0n) is 10.2. The van der Waals surface area contributed by atoms with Crippen LogP contribution in [0.5, 0.6) is 0 Å². The Morgan fingerprint density at radius 1 is 1.41 bits per heavy atom. The van der Waals surface area contributed by atoms with Crippen LogP contribution >= 0.6 is 0 Å². The van der Waals surface area contributed by atoms with Crippen molar-refractivity contribution in [3.63, 3.8) is 0 Å². The van der Waals surface area contributed by atoms with E-state index in [0.29, 0.717) is 0 Å². The van der Waals surface area contributed by atoms with Gasteiger partial charge in [-0.25, -0.2) is 0 Å². The van der Waals surface area contributed by atoms with Gasteiger partial charge in [-0.1, -0.05) is 18.2 Å². The Bertz CT molecular complexity index is 451. The van der Waals surface area contributed by atoms with Gasteiger partial charge < -0.3 is 5.32 Å². The molecule has 0 bridgehead atoms. The van der Waals surface area contributed by atoms with Crippen LogP contribution in [0.4, 0.5) is 0 Å². The highest BCUT2D eigenvalue weighted by Gasteiger charge is 2.15. The Balaban J connectivity index is 2.16. The summed E-state index contributed by atoms with van der Waals surface area (Å²) in [6.45, 7) is 3.00. The minimum atomic E-state index is 0.204. The SMILES string of the molecule is CCNC(Cc1ccccn1)c1cnnn1C. The molecule has 0 fully saturated rings. The van der Waals surface area contributed by atoms with Crippen LogP contribution in [0.2, 0.25) is 0 Å². The van der Waals surface area contributed by atoms with Gasteiger partial charge in [0.25, 0.3) is 0 Å². The van der Waals surface area contributed by atoms with E-state index >= 15 is 0 Å². The van der Waals surface area contributed by atoms with Crippen LogP contribution in [0.1, 0.15) is 24.4 Å². The second kappa shape index (κ2) is 5.54. The Morgan fingerprint density at radius 2 is 2.29 bits per heavy atom. The Kier molecular flexibility index (Phi) is 3.82. The second-order valence-electron chi connectivity index (χ2n) is 3.92. The van der Waals surface area contributed by atoms with Gasteiger partial charge in [0.15, 0.2) is 0 Å². The fourth-order valence-corrected chi connectivity index (χ4v) is 1.87. The van der Waals surface area contributed by atoms with Gasteiger partial charge in [0, 0.05) is 25.4 Å². The average molecular weight is 231 g/mol. The van der Waals surface area contributed by atoms with Crippen molar-refractivity contribution in [1.29, 1.82) is 0 Å². The number of aryl methyl sites for hydroxylation is 1. The van der Waals surface area contributed by atoms with Crippen LogP contribution in [0.3, 0.4) is 0 Å². The van der Waals surface area contributed by atoms with Gasteiger partial charge in [-0.2, -0.15) is 0 Å². The molecule has 0 aliphatic heterocycles. The Labute approximate surface area is 101 Å². The molecule has 0 aliphatic rings. The maximum absolute atomic E-state index is 4.35. The molecule has 1 N–H and O–H groups in total. The summed E-state index contributed by atoms with van der Waals surface area (Å²) in [6.07, 6.45) is 4.46. The zero-order chi connectivity index (χ0) is 12.1. The number of hydrogen-bond acceptors (Lipinski definition) is 4. The Hall–Kier alpha value is -1.75. The van der Waals surface area contributed by atoms with E-state index < -0.39 is 0 Å². The molecule has 0 saturated carbocycles. The average Bonchev–Trinajstić information content (AvgIpc) is 2.76. The van der Waals surface area contributed by atoms with Crippen molar-refractivity contribution in [3.05, 3.63) is 42.0 Å². The van der Waals surface area contributed by atoms with E-state index in [0.717, 1.165) is 24.4 Å². The summed E-state index contributed by atoms with van der Waals surface area (Å²) in [4.78, 5) is 4.35. The second-order valence-corrected chi connectivity index (χ2v) is 3.92. The minimum Gasteiger partial charge on any atom is -0.309 e. The first kappa shape index (κ1) is 11.7. The summed E-state index contributed by atoms with van der Waals surface area (Å²) in [7, 11) is 1.91. The maximum Gasteiger partial charge on any atom is 0.0757 e. The third kappa shape index (κ3) is 2.88. The molecule has 1 atom stereocenters. The van der Waals surface area contributed by atoms with Crippen LogP contribution in [0.25, 0.3) is 0 Å². The fourth-order valence-electron chi connectivity index (χ4n) is 1.87. The lowest BCUT2D eigenvalue weighted by atomic mass is 10.1. The Morgan fingerprint density at radius 3 is 2.88 bits per heavy atom. The highest BCUT2D eigenvalue weighted by molar-refractivity contribution is 5.11. The molecule has 2 aromatic rings. The van der Waals surface area contributed by atoms with E-state index in [1.54, 1.807) is 10.9 Å². The quantitative estimate of drug-likeness (QED) is 0.837. The molecule has 1 unspecified atom stereocenters. The van der Waals surface area contributed by atoms with Crippen LogP contribution in [-0.4, -0.2) is 26.5 Å². The van der Waals surface area contributed by atoms with Gasteiger partial charge in [-0.3, -0.25) is 9.67 Å². The molecule has 0 aromatic carbocycles. The van der Waals surface area contributed by atoms with Gasteiger partial charge in [0.2, 0.25) is 0 Å². The number of aromatic nitrogens is 4. The lowest BCUT2D eigenvalue weighted by molar-refractivity contribution is 0.502. The highest BCUT2D eigenvalue weighted by Crippen LogP contribution is 2.15. The van der Waals surface area contributed by atoms with Crippen molar-refractivity contribution in [3.8, 4) is 0 Å². The maximum atomic E-state index is 4.35. The van der Waals surface area contributed by atoms with Crippen molar-refractivity contribution in [2.24, 2.45) is 7.05 Å². The zero-order valence-corrected chi connectivity index (χ0v) is 10.2. The van der Waals surface area contributed by atoms with Crippen LogP contribution < -0.4 is 5.32 Å². The van der Waals surface area contributed by atoms with Crippen molar-refractivity contribution in [2.75, 3.05) is 6.54 Å². The van der Waals surface area contributed by atoms with E-state index in [1.165, 1.54) is 0 Å². The molecule has 17 heavy (non-hydrogen) atoms. The predicted molar refractivity (Wildman–Crippen MR) is 65.4 cm³/mol. The molecule has 0 saturated heterocycles. The monoisotopic (exact) mass is 231 g/mol. The standard InChI is InChI=1S/C12H17N5/c1-3-13-11(12-9-15-16-17(12)2)8-10-6-4-5-7-14-10/h4-7,9,11,13H,3,8H2,1-2H3. The first-order chi connectivity index (χ1) is 8.31. The normalized spacial score (nSPS) is 12.6. The molecule has 90 valence electrons. The molecule has 0 spiro atoms. The molecule has 0 aliphatic carbocycles. The van der Waals surface area contributed by atoms with Crippen LogP contribution in [0, 0.1) is 0 Å². The molecule has 2 heterocycles.